The molecule has 0 unspecified atom stereocenters. The van der Waals surface area contributed by atoms with Crippen LogP contribution in [-0.4, -0.2) is 19.2 Å². The maximum Gasteiger partial charge on any atom is 0.338 e. The molecule has 0 heterocycles. The molecule has 19 heavy (non-hydrogen) atoms. The van der Waals surface area contributed by atoms with Crippen LogP contribution < -0.4 is 10.5 Å². The Hall–Kier alpha value is -1.71. The maximum absolute atomic E-state index is 11.5. The first-order valence-electron chi connectivity index (χ1n) is 6.90. The van der Waals surface area contributed by atoms with Crippen molar-refractivity contribution in [2.75, 3.05) is 18.9 Å². The number of benzene rings is 1. The predicted octanol–water partition coefficient (Wildman–Crippen LogP) is 3.01. The van der Waals surface area contributed by atoms with Crippen molar-refractivity contribution in [2.24, 2.45) is 5.92 Å². The summed E-state index contributed by atoms with van der Waals surface area (Å²) in [7, 11) is 0. The van der Waals surface area contributed by atoms with Crippen molar-refractivity contribution in [2.45, 2.75) is 32.6 Å². The molecule has 0 saturated heterocycles. The van der Waals surface area contributed by atoms with Crippen LogP contribution in [0.2, 0.25) is 0 Å². The first-order chi connectivity index (χ1) is 9.20. The van der Waals surface area contributed by atoms with Gasteiger partial charge in [-0.2, -0.15) is 0 Å². The molecule has 1 aliphatic carbocycles. The number of hydrogen-bond donors (Lipinski definition) is 1. The lowest BCUT2D eigenvalue weighted by atomic mass is 9.83. The fourth-order valence-electron chi connectivity index (χ4n) is 2.14. The largest absolute Gasteiger partial charge is 0.491 e. The Morgan fingerprint density at radius 1 is 1.42 bits per heavy atom. The Balaban J connectivity index is 1.88. The van der Waals surface area contributed by atoms with Crippen LogP contribution in [0.25, 0.3) is 0 Å². The minimum absolute atomic E-state index is 0.352. The molecule has 0 aliphatic heterocycles. The molecule has 4 nitrogen and oxygen atoms in total. The van der Waals surface area contributed by atoms with Crippen molar-refractivity contribution >= 4 is 11.7 Å². The summed E-state index contributed by atoms with van der Waals surface area (Å²) in [5.74, 6) is 1.11. The molecule has 1 aromatic carbocycles. The SMILES string of the molecule is CCOC(=O)c1ccc(OCCC2CCC2)c(N)c1. The van der Waals surface area contributed by atoms with Gasteiger partial charge in [0.05, 0.1) is 24.5 Å². The zero-order valence-corrected chi connectivity index (χ0v) is 11.4. The number of anilines is 1. The van der Waals surface area contributed by atoms with Crippen LogP contribution >= 0.6 is 0 Å². The van der Waals surface area contributed by atoms with Gasteiger partial charge in [0.1, 0.15) is 5.75 Å². The third-order valence-corrected chi connectivity index (χ3v) is 3.53. The summed E-state index contributed by atoms with van der Waals surface area (Å²) in [5, 5.41) is 0. The molecule has 1 aliphatic rings. The Morgan fingerprint density at radius 3 is 2.79 bits per heavy atom. The van der Waals surface area contributed by atoms with E-state index in [-0.39, 0.29) is 5.97 Å². The summed E-state index contributed by atoms with van der Waals surface area (Å²) in [6, 6.07) is 5.03. The number of nitrogen functional groups attached to an aromatic ring is 1. The van der Waals surface area contributed by atoms with Crippen LogP contribution in [0.1, 0.15) is 43.0 Å². The van der Waals surface area contributed by atoms with E-state index in [1.807, 2.05) is 0 Å². The van der Waals surface area contributed by atoms with Gasteiger partial charge >= 0.3 is 5.97 Å². The van der Waals surface area contributed by atoms with E-state index in [2.05, 4.69) is 0 Å². The van der Waals surface area contributed by atoms with Crippen LogP contribution in [0.15, 0.2) is 18.2 Å². The lowest BCUT2D eigenvalue weighted by Gasteiger charge is -2.25. The normalized spacial score (nSPS) is 14.8. The van der Waals surface area contributed by atoms with Crippen molar-refractivity contribution in [3.05, 3.63) is 23.8 Å². The summed E-state index contributed by atoms with van der Waals surface area (Å²) in [6.07, 6.45) is 5.07. The molecule has 0 bridgehead atoms. The summed E-state index contributed by atoms with van der Waals surface area (Å²) >= 11 is 0. The molecule has 0 amide bonds. The Kier molecular flexibility index (Phi) is 4.66. The number of ether oxygens (including phenoxy) is 2. The molecule has 2 N–H and O–H groups in total. The molecule has 0 spiro atoms. The summed E-state index contributed by atoms with van der Waals surface area (Å²) < 4.78 is 10.6. The minimum atomic E-state index is -0.352. The Labute approximate surface area is 113 Å². The van der Waals surface area contributed by atoms with Crippen LogP contribution in [0, 0.1) is 5.92 Å². The van der Waals surface area contributed by atoms with Gasteiger partial charge in [-0.3, -0.25) is 0 Å². The topological polar surface area (TPSA) is 61.5 Å². The second-order valence-electron chi connectivity index (χ2n) is 4.91. The number of carbonyl (C=O) groups excluding carboxylic acids is 1. The van der Waals surface area contributed by atoms with Gasteiger partial charge in [-0.1, -0.05) is 19.3 Å². The highest BCUT2D eigenvalue weighted by Gasteiger charge is 2.17. The predicted molar refractivity (Wildman–Crippen MR) is 74.3 cm³/mol. The van der Waals surface area contributed by atoms with Crippen LogP contribution in [0.5, 0.6) is 5.75 Å². The van der Waals surface area contributed by atoms with Crippen molar-refractivity contribution in [1.29, 1.82) is 0 Å². The Bertz CT molecular complexity index is 441. The lowest BCUT2D eigenvalue weighted by molar-refractivity contribution is 0.0526. The number of carbonyl (C=O) groups is 1. The van der Waals surface area contributed by atoms with E-state index in [1.54, 1.807) is 25.1 Å². The van der Waals surface area contributed by atoms with Crippen LogP contribution in [-0.2, 0) is 4.74 Å². The summed E-state index contributed by atoms with van der Waals surface area (Å²) in [4.78, 5) is 11.5. The van der Waals surface area contributed by atoms with E-state index in [1.165, 1.54) is 19.3 Å². The fraction of sp³-hybridized carbons (Fsp3) is 0.533. The minimum Gasteiger partial charge on any atom is -0.491 e. The molecule has 4 heteroatoms. The number of rotatable bonds is 6. The van der Waals surface area contributed by atoms with E-state index < -0.39 is 0 Å². The van der Waals surface area contributed by atoms with E-state index >= 15 is 0 Å². The van der Waals surface area contributed by atoms with Gasteiger partial charge in [-0.15, -0.1) is 0 Å². The van der Waals surface area contributed by atoms with Gasteiger partial charge < -0.3 is 15.2 Å². The molecule has 104 valence electrons. The average Bonchev–Trinajstić information content (AvgIpc) is 2.34. The Morgan fingerprint density at radius 2 is 2.21 bits per heavy atom. The van der Waals surface area contributed by atoms with Gasteiger partial charge in [-0.25, -0.2) is 4.79 Å². The van der Waals surface area contributed by atoms with Crippen LogP contribution in [0.4, 0.5) is 5.69 Å². The average molecular weight is 263 g/mol. The van der Waals surface area contributed by atoms with Crippen molar-refractivity contribution in [3.63, 3.8) is 0 Å². The quantitative estimate of drug-likeness (QED) is 0.633. The van der Waals surface area contributed by atoms with Gasteiger partial charge in [0.2, 0.25) is 0 Å². The zero-order valence-electron chi connectivity index (χ0n) is 11.4. The molecule has 2 rings (SSSR count). The van der Waals surface area contributed by atoms with E-state index in [0.29, 0.717) is 30.2 Å². The standard InChI is InChI=1S/C15H21NO3/c1-2-18-15(17)12-6-7-14(13(16)10-12)19-9-8-11-4-3-5-11/h6-7,10-11H,2-5,8-9,16H2,1H3. The maximum atomic E-state index is 11.5. The second-order valence-corrected chi connectivity index (χ2v) is 4.91. The van der Waals surface area contributed by atoms with Crippen LogP contribution in [0.3, 0.4) is 0 Å². The fourth-order valence-corrected chi connectivity index (χ4v) is 2.14. The van der Waals surface area contributed by atoms with Gasteiger partial charge in [0.15, 0.2) is 0 Å². The van der Waals surface area contributed by atoms with Crippen molar-refractivity contribution in [3.8, 4) is 5.75 Å². The van der Waals surface area contributed by atoms with E-state index in [4.69, 9.17) is 15.2 Å². The second kappa shape index (κ2) is 6.45. The third-order valence-electron chi connectivity index (χ3n) is 3.53. The first kappa shape index (κ1) is 13.7. The number of nitrogens with two attached hydrogens (primary N) is 1. The smallest absolute Gasteiger partial charge is 0.338 e. The summed E-state index contributed by atoms with van der Waals surface area (Å²) in [6.45, 7) is 2.82. The van der Waals surface area contributed by atoms with Crippen molar-refractivity contribution in [1.82, 2.24) is 0 Å². The van der Waals surface area contributed by atoms with Gasteiger partial charge in [-0.05, 0) is 37.5 Å². The highest BCUT2D eigenvalue weighted by Crippen LogP contribution is 2.30. The molecule has 0 aromatic heterocycles. The zero-order chi connectivity index (χ0) is 13.7. The van der Waals surface area contributed by atoms with E-state index in [9.17, 15) is 4.79 Å². The number of esters is 1. The highest BCUT2D eigenvalue weighted by atomic mass is 16.5. The molecular formula is C15H21NO3. The van der Waals surface area contributed by atoms with Gasteiger partial charge in [0, 0.05) is 0 Å². The van der Waals surface area contributed by atoms with Crippen molar-refractivity contribution < 1.29 is 14.3 Å². The third kappa shape index (κ3) is 3.63. The molecule has 1 saturated carbocycles. The van der Waals surface area contributed by atoms with Gasteiger partial charge in [0.25, 0.3) is 0 Å². The molecule has 0 atom stereocenters. The monoisotopic (exact) mass is 263 g/mol. The van der Waals surface area contributed by atoms with E-state index in [0.717, 1.165) is 12.3 Å². The highest BCUT2D eigenvalue weighted by molar-refractivity contribution is 5.91. The molecule has 1 fully saturated rings. The molecular weight excluding hydrogens is 242 g/mol. The lowest BCUT2D eigenvalue weighted by Crippen LogP contribution is -2.15. The first-order valence-corrected chi connectivity index (χ1v) is 6.90. The number of hydrogen-bond acceptors (Lipinski definition) is 4. The molecule has 1 aromatic rings. The summed E-state index contributed by atoms with van der Waals surface area (Å²) in [5.41, 5.74) is 6.83. The molecule has 0 radical (unpaired) electrons.